The van der Waals surface area contributed by atoms with Crippen LogP contribution in [0.15, 0.2) is 6.07 Å². The Labute approximate surface area is 162 Å². The fourth-order valence-corrected chi connectivity index (χ4v) is 4.28. The van der Waals surface area contributed by atoms with Crippen molar-refractivity contribution in [2.24, 2.45) is 5.92 Å². The van der Waals surface area contributed by atoms with Crippen LogP contribution in [0.5, 0.6) is 0 Å². The van der Waals surface area contributed by atoms with Crippen molar-refractivity contribution in [3.63, 3.8) is 0 Å². The molecule has 3 heterocycles. The molecule has 1 aliphatic carbocycles. The van der Waals surface area contributed by atoms with Crippen LogP contribution in [0.2, 0.25) is 0 Å². The monoisotopic (exact) mass is 397 g/mol. The van der Waals surface area contributed by atoms with E-state index in [1.54, 1.807) is 6.92 Å². The van der Waals surface area contributed by atoms with Gasteiger partial charge in [-0.05, 0) is 51.4 Å². The zero-order chi connectivity index (χ0) is 19.9. The summed E-state index contributed by atoms with van der Waals surface area (Å²) in [4.78, 5) is 10.0. The van der Waals surface area contributed by atoms with Crippen molar-refractivity contribution < 1.29 is 17.9 Å². The van der Waals surface area contributed by atoms with E-state index in [4.69, 9.17) is 4.74 Å². The Morgan fingerprint density at radius 2 is 1.93 bits per heavy atom. The summed E-state index contributed by atoms with van der Waals surface area (Å²) in [5.41, 5.74) is 0.630. The molecule has 2 aromatic rings. The van der Waals surface area contributed by atoms with Crippen molar-refractivity contribution in [2.75, 3.05) is 18.1 Å². The summed E-state index contributed by atoms with van der Waals surface area (Å²) in [5.74, 6) is 0.147. The van der Waals surface area contributed by atoms with Gasteiger partial charge in [-0.25, -0.2) is 4.98 Å². The number of hydrogen-bond donors (Lipinski definition) is 0. The maximum absolute atomic E-state index is 13.2. The first-order chi connectivity index (χ1) is 13.3. The molecule has 0 spiro atoms. The van der Waals surface area contributed by atoms with E-state index in [0.717, 1.165) is 45.1 Å². The van der Waals surface area contributed by atoms with Crippen LogP contribution in [-0.2, 0) is 10.9 Å². The Morgan fingerprint density at radius 1 is 1.18 bits per heavy atom. The fraction of sp³-hybridized carbons (Fsp3) is 0.737. The number of hydrogen-bond acceptors (Lipinski definition) is 5. The SMILES string of the molecule is Cc1cc(N(CC2CCCO2)C2CCC(C)CC2)n2nc(C(F)(F)F)nc2n1. The molecule has 1 saturated carbocycles. The number of rotatable bonds is 4. The topological polar surface area (TPSA) is 55.6 Å². The van der Waals surface area contributed by atoms with E-state index in [1.165, 1.54) is 4.52 Å². The smallest absolute Gasteiger partial charge is 0.376 e. The second kappa shape index (κ2) is 7.50. The maximum atomic E-state index is 13.2. The third-order valence-corrected chi connectivity index (χ3v) is 5.82. The third-order valence-electron chi connectivity index (χ3n) is 5.82. The van der Waals surface area contributed by atoms with Crippen LogP contribution < -0.4 is 4.90 Å². The molecular weight excluding hydrogens is 371 g/mol. The first kappa shape index (κ1) is 19.4. The zero-order valence-corrected chi connectivity index (χ0v) is 16.2. The third kappa shape index (κ3) is 3.94. The number of anilines is 1. The summed E-state index contributed by atoms with van der Waals surface area (Å²) in [6.45, 7) is 5.42. The number of aryl methyl sites for hydroxylation is 1. The second-order valence-electron chi connectivity index (χ2n) is 8.10. The minimum atomic E-state index is -4.60. The lowest BCUT2D eigenvalue weighted by atomic mass is 9.86. The van der Waals surface area contributed by atoms with Crippen molar-refractivity contribution in [3.8, 4) is 0 Å². The van der Waals surface area contributed by atoms with Crippen molar-refractivity contribution in [1.29, 1.82) is 0 Å². The van der Waals surface area contributed by atoms with Gasteiger partial charge in [-0.15, -0.1) is 5.10 Å². The predicted octanol–water partition coefficient (Wildman–Crippen LogP) is 4.02. The quantitative estimate of drug-likeness (QED) is 0.780. The molecule has 28 heavy (non-hydrogen) atoms. The summed E-state index contributed by atoms with van der Waals surface area (Å²) in [5, 5.41) is 3.77. The van der Waals surface area contributed by atoms with Crippen molar-refractivity contribution >= 4 is 11.6 Å². The summed E-state index contributed by atoms with van der Waals surface area (Å²) >= 11 is 0. The largest absolute Gasteiger partial charge is 0.453 e. The molecule has 0 aromatic carbocycles. The van der Waals surface area contributed by atoms with Gasteiger partial charge in [-0.3, -0.25) is 0 Å². The van der Waals surface area contributed by atoms with Crippen molar-refractivity contribution in [1.82, 2.24) is 19.6 Å². The second-order valence-corrected chi connectivity index (χ2v) is 8.10. The fourth-order valence-electron chi connectivity index (χ4n) is 4.28. The van der Waals surface area contributed by atoms with E-state index >= 15 is 0 Å². The van der Waals surface area contributed by atoms with Gasteiger partial charge in [0.2, 0.25) is 0 Å². The molecule has 1 unspecified atom stereocenters. The van der Waals surface area contributed by atoms with Gasteiger partial charge < -0.3 is 9.64 Å². The highest BCUT2D eigenvalue weighted by Crippen LogP contribution is 2.33. The lowest BCUT2D eigenvalue weighted by molar-refractivity contribution is -0.144. The molecule has 9 heteroatoms. The lowest BCUT2D eigenvalue weighted by Gasteiger charge is -2.38. The van der Waals surface area contributed by atoms with Gasteiger partial charge in [0, 0.05) is 31.0 Å². The molecule has 4 rings (SSSR count). The molecule has 1 saturated heterocycles. The van der Waals surface area contributed by atoms with Gasteiger partial charge in [0.05, 0.1) is 6.10 Å². The lowest BCUT2D eigenvalue weighted by Crippen LogP contribution is -2.43. The zero-order valence-electron chi connectivity index (χ0n) is 16.2. The van der Waals surface area contributed by atoms with E-state index in [2.05, 4.69) is 26.9 Å². The summed E-state index contributed by atoms with van der Waals surface area (Å²) < 4.78 is 46.6. The Morgan fingerprint density at radius 3 is 2.57 bits per heavy atom. The summed E-state index contributed by atoms with van der Waals surface area (Å²) in [6, 6.07) is 2.07. The van der Waals surface area contributed by atoms with E-state index in [9.17, 15) is 13.2 Å². The van der Waals surface area contributed by atoms with E-state index in [0.29, 0.717) is 24.0 Å². The van der Waals surface area contributed by atoms with Gasteiger partial charge in [0.15, 0.2) is 0 Å². The highest BCUT2D eigenvalue weighted by molar-refractivity contribution is 5.49. The van der Waals surface area contributed by atoms with Crippen molar-refractivity contribution in [2.45, 2.75) is 70.7 Å². The molecule has 2 aromatic heterocycles. The number of alkyl halides is 3. The average Bonchev–Trinajstić information content (AvgIpc) is 3.29. The van der Waals surface area contributed by atoms with E-state index in [1.807, 2.05) is 6.07 Å². The molecule has 0 amide bonds. The molecule has 1 atom stereocenters. The van der Waals surface area contributed by atoms with Crippen LogP contribution in [0.25, 0.3) is 5.78 Å². The molecule has 0 N–H and O–H groups in total. The normalized spacial score (nSPS) is 26.1. The van der Waals surface area contributed by atoms with Crippen LogP contribution in [0.1, 0.15) is 57.0 Å². The Balaban J connectivity index is 1.75. The molecule has 0 bridgehead atoms. The Kier molecular flexibility index (Phi) is 5.20. The minimum Gasteiger partial charge on any atom is -0.376 e. The number of halogens is 3. The van der Waals surface area contributed by atoms with E-state index in [-0.39, 0.29) is 17.9 Å². The van der Waals surface area contributed by atoms with Crippen LogP contribution >= 0.6 is 0 Å². The minimum absolute atomic E-state index is 0.0103. The maximum Gasteiger partial charge on any atom is 0.453 e. The summed E-state index contributed by atoms with van der Waals surface area (Å²) in [6.07, 6.45) is 1.74. The van der Waals surface area contributed by atoms with Crippen LogP contribution in [-0.4, -0.2) is 44.9 Å². The van der Waals surface area contributed by atoms with Crippen LogP contribution in [0.4, 0.5) is 19.0 Å². The molecule has 0 radical (unpaired) electrons. The number of nitrogens with zero attached hydrogens (tertiary/aromatic N) is 5. The summed E-state index contributed by atoms with van der Waals surface area (Å²) in [7, 11) is 0. The van der Waals surface area contributed by atoms with E-state index < -0.39 is 12.0 Å². The molecule has 2 fully saturated rings. The molecule has 2 aliphatic rings. The number of ether oxygens (including phenoxy) is 1. The van der Waals surface area contributed by atoms with Crippen molar-refractivity contribution in [3.05, 3.63) is 17.6 Å². The molecule has 6 nitrogen and oxygen atoms in total. The first-order valence-electron chi connectivity index (χ1n) is 10.0. The van der Waals surface area contributed by atoms with Gasteiger partial charge >= 0.3 is 6.18 Å². The molecular formula is C19H26F3N5O. The Hall–Kier alpha value is -1.90. The van der Waals surface area contributed by atoms with Gasteiger partial charge in [-0.2, -0.15) is 22.7 Å². The average molecular weight is 397 g/mol. The number of fused-ring (bicyclic) bond motifs is 1. The standard InChI is InChI=1S/C19H26F3N5O/c1-12-5-7-14(8-6-12)26(11-15-4-3-9-28-15)16-10-13(2)23-18-24-17(19(20,21)22)25-27(16)18/h10,12,14-15H,3-9,11H2,1-2H3. The van der Waals surface area contributed by atoms with Gasteiger partial charge in [0.1, 0.15) is 5.82 Å². The Bertz CT molecular complexity index is 823. The van der Waals surface area contributed by atoms with Gasteiger partial charge in [-0.1, -0.05) is 6.92 Å². The highest BCUT2D eigenvalue weighted by Gasteiger charge is 2.37. The molecule has 154 valence electrons. The molecule has 1 aliphatic heterocycles. The van der Waals surface area contributed by atoms with Gasteiger partial charge in [0.25, 0.3) is 11.6 Å². The van der Waals surface area contributed by atoms with Crippen LogP contribution in [0, 0.1) is 12.8 Å². The highest BCUT2D eigenvalue weighted by atomic mass is 19.4. The number of aromatic nitrogens is 4. The first-order valence-corrected chi connectivity index (χ1v) is 10.0. The predicted molar refractivity (Wildman–Crippen MR) is 98.3 cm³/mol. The van der Waals surface area contributed by atoms with Crippen LogP contribution in [0.3, 0.4) is 0 Å².